The number of rotatable bonds is 3. The lowest BCUT2D eigenvalue weighted by Crippen LogP contribution is -2.16. The van der Waals surface area contributed by atoms with E-state index in [4.69, 9.17) is 5.26 Å². The molecule has 0 bridgehead atoms. The van der Waals surface area contributed by atoms with Crippen molar-refractivity contribution in [3.63, 3.8) is 0 Å². The predicted molar refractivity (Wildman–Crippen MR) is 39.2 cm³/mol. The number of ketones is 1. The van der Waals surface area contributed by atoms with Crippen LogP contribution in [0.5, 0.6) is 0 Å². The number of hydrogen-bond acceptors (Lipinski definition) is 2. The highest BCUT2D eigenvalue weighted by Gasteiger charge is 2.17. The molecule has 0 amide bonds. The van der Waals surface area contributed by atoms with Crippen LogP contribution in [0, 0.1) is 23.2 Å². The van der Waals surface area contributed by atoms with Crippen molar-refractivity contribution in [3.05, 3.63) is 0 Å². The van der Waals surface area contributed by atoms with Crippen LogP contribution in [0.3, 0.4) is 0 Å². The molecule has 0 saturated carbocycles. The van der Waals surface area contributed by atoms with E-state index in [1.807, 2.05) is 19.9 Å². The largest absolute Gasteiger partial charge is 0.300 e. The summed E-state index contributed by atoms with van der Waals surface area (Å²) in [5.74, 6) is 0.346. The van der Waals surface area contributed by atoms with E-state index < -0.39 is 0 Å². The molecule has 0 radical (unpaired) electrons. The maximum Gasteiger partial charge on any atom is 0.134 e. The van der Waals surface area contributed by atoms with Gasteiger partial charge in [-0.3, -0.25) is 4.79 Å². The molecule has 0 fully saturated rings. The van der Waals surface area contributed by atoms with Crippen molar-refractivity contribution < 1.29 is 4.79 Å². The Hall–Kier alpha value is -0.840. The van der Waals surface area contributed by atoms with Crippen LogP contribution < -0.4 is 0 Å². The molecule has 0 aromatic carbocycles. The van der Waals surface area contributed by atoms with Gasteiger partial charge in [0.2, 0.25) is 0 Å². The first-order valence-corrected chi connectivity index (χ1v) is 3.47. The third kappa shape index (κ3) is 2.63. The molecule has 0 aliphatic carbocycles. The van der Waals surface area contributed by atoms with Gasteiger partial charge in [-0.15, -0.1) is 0 Å². The highest BCUT2D eigenvalue weighted by atomic mass is 16.1. The summed E-state index contributed by atoms with van der Waals surface area (Å²) in [4.78, 5) is 10.8. The summed E-state index contributed by atoms with van der Waals surface area (Å²) in [6.45, 7) is 5.47. The minimum absolute atomic E-state index is 0.0648. The van der Waals surface area contributed by atoms with Crippen molar-refractivity contribution in [3.8, 4) is 6.07 Å². The van der Waals surface area contributed by atoms with Crippen LogP contribution in [0.25, 0.3) is 0 Å². The van der Waals surface area contributed by atoms with Gasteiger partial charge in [0.15, 0.2) is 0 Å². The predicted octanol–water partition coefficient (Wildman–Crippen LogP) is 1.76. The van der Waals surface area contributed by atoms with Crippen molar-refractivity contribution >= 4 is 5.78 Å². The van der Waals surface area contributed by atoms with Gasteiger partial charge in [0.1, 0.15) is 5.78 Å². The Bertz CT molecular complexity index is 155. The molecule has 0 heterocycles. The van der Waals surface area contributed by atoms with Crippen molar-refractivity contribution in [2.24, 2.45) is 11.8 Å². The summed E-state index contributed by atoms with van der Waals surface area (Å²) in [6, 6.07) is 2.01. The van der Waals surface area contributed by atoms with Gasteiger partial charge >= 0.3 is 0 Å². The zero-order valence-corrected chi connectivity index (χ0v) is 6.72. The lowest BCUT2D eigenvalue weighted by Gasteiger charge is -2.12. The zero-order chi connectivity index (χ0) is 8.15. The molecule has 0 spiro atoms. The van der Waals surface area contributed by atoms with Crippen LogP contribution >= 0.6 is 0 Å². The number of carbonyl (C=O) groups excluding carboxylic acids is 1. The third-order valence-electron chi connectivity index (χ3n) is 1.64. The first kappa shape index (κ1) is 9.16. The van der Waals surface area contributed by atoms with Crippen molar-refractivity contribution in [2.45, 2.75) is 27.2 Å². The van der Waals surface area contributed by atoms with E-state index >= 15 is 0 Å². The van der Waals surface area contributed by atoms with Crippen LogP contribution in [0.4, 0.5) is 0 Å². The highest BCUT2D eigenvalue weighted by molar-refractivity contribution is 5.78. The molecule has 0 aliphatic heterocycles. The second-order valence-electron chi connectivity index (χ2n) is 2.82. The second-order valence-corrected chi connectivity index (χ2v) is 2.82. The fraction of sp³-hybridized carbons (Fsp3) is 0.750. The molecule has 0 aromatic heterocycles. The molecule has 10 heavy (non-hydrogen) atoms. The number of nitriles is 1. The number of nitrogens with zero attached hydrogens (tertiary/aromatic N) is 1. The smallest absolute Gasteiger partial charge is 0.134 e. The van der Waals surface area contributed by atoms with Gasteiger partial charge in [-0.2, -0.15) is 5.26 Å². The Balaban J connectivity index is 4.01. The maximum absolute atomic E-state index is 10.8. The summed E-state index contributed by atoms with van der Waals surface area (Å²) < 4.78 is 0. The number of Topliss-reactive ketones (excluding diaryl/α,β-unsaturated/α-hetero) is 1. The molecule has 0 aliphatic rings. The molecule has 0 aromatic rings. The Morgan fingerprint density at radius 3 is 2.20 bits per heavy atom. The van der Waals surface area contributed by atoms with Crippen molar-refractivity contribution in [1.29, 1.82) is 5.26 Å². The summed E-state index contributed by atoms with van der Waals surface area (Å²) in [5.41, 5.74) is 0. The molecule has 0 N–H and O–H groups in total. The van der Waals surface area contributed by atoms with Gasteiger partial charge in [0.05, 0.1) is 6.07 Å². The Labute approximate surface area is 61.8 Å². The Kier molecular flexibility index (Phi) is 3.71. The second kappa shape index (κ2) is 4.05. The van der Waals surface area contributed by atoms with Gasteiger partial charge in [-0.05, 0) is 12.8 Å². The molecular formula is C8H13NO. The molecule has 2 heteroatoms. The van der Waals surface area contributed by atoms with Gasteiger partial charge in [0.25, 0.3) is 0 Å². The van der Waals surface area contributed by atoms with Gasteiger partial charge in [-0.25, -0.2) is 0 Å². The molecule has 1 unspecified atom stereocenters. The Morgan fingerprint density at radius 1 is 1.60 bits per heavy atom. The van der Waals surface area contributed by atoms with Crippen LogP contribution in [0.2, 0.25) is 0 Å². The van der Waals surface area contributed by atoms with E-state index in [9.17, 15) is 4.79 Å². The molecule has 56 valence electrons. The number of carbonyl (C=O) groups is 1. The van der Waals surface area contributed by atoms with Crippen molar-refractivity contribution in [2.75, 3.05) is 0 Å². The fourth-order valence-electron chi connectivity index (χ4n) is 0.947. The summed E-state index contributed by atoms with van der Waals surface area (Å²) in [6.07, 6.45) is 0.354. The van der Waals surface area contributed by atoms with Crippen LogP contribution in [-0.4, -0.2) is 5.78 Å². The van der Waals surface area contributed by atoms with E-state index in [1.54, 1.807) is 6.92 Å². The van der Waals surface area contributed by atoms with Gasteiger partial charge in [-0.1, -0.05) is 13.8 Å². The van der Waals surface area contributed by atoms with E-state index in [2.05, 4.69) is 0 Å². The monoisotopic (exact) mass is 139 g/mol. The van der Waals surface area contributed by atoms with Crippen LogP contribution in [0.15, 0.2) is 0 Å². The van der Waals surface area contributed by atoms with Gasteiger partial charge < -0.3 is 0 Å². The first-order valence-electron chi connectivity index (χ1n) is 3.47. The SMILES string of the molecule is CC(=O)C(CC#N)C(C)C. The zero-order valence-electron chi connectivity index (χ0n) is 6.72. The third-order valence-corrected chi connectivity index (χ3v) is 1.64. The van der Waals surface area contributed by atoms with E-state index in [0.717, 1.165) is 0 Å². The topological polar surface area (TPSA) is 40.9 Å². The van der Waals surface area contributed by atoms with E-state index in [1.165, 1.54) is 0 Å². The fourth-order valence-corrected chi connectivity index (χ4v) is 0.947. The van der Waals surface area contributed by atoms with Crippen LogP contribution in [-0.2, 0) is 4.79 Å². The van der Waals surface area contributed by atoms with Gasteiger partial charge in [0, 0.05) is 12.3 Å². The highest BCUT2D eigenvalue weighted by Crippen LogP contribution is 2.14. The quantitative estimate of drug-likeness (QED) is 0.597. The summed E-state index contributed by atoms with van der Waals surface area (Å²) in [7, 11) is 0. The number of hydrogen-bond donors (Lipinski definition) is 0. The Morgan fingerprint density at radius 2 is 2.10 bits per heavy atom. The first-order chi connectivity index (χ1) is 4.59. The molecule has 0 saturated heterocycles. The van der Waals surface area contributed by atoms with E-state index in [-0.39, 0.29) is 17.6 Å². The summed E-state index contributed by atoms with van der Waals surface area (Å²) >= 11 is 0. The minimum atomic E-state index is -0.0648. The summed E-state index contributed by atoms with van der Waals surface area (Å²) in [5, 5.41) is 8.33. The van der Waals surface area contributed by atoms with Crippen LogP contribution in [0.1, 0.15) is 27.2 Å². The molecule has 1 atom stereocenters. The van der Waals surface area contributed by atoms with Crippen molar-refractivity contribution in [1.82, 2.24) is 0 Å². The normalized spacial score (nSPS) is 12.7. The molecule has 0 rings (SSSR count). The average molecular weight is 139 g/mol. The molecular weight excluding hydrogens is 126 g/mol. The minimum Gasteiger partial charge on any atom is -0.300 e. The lowest BCUT2D eigenvalue weighted by molar-refractivity contribution is -0.121. The molecule has 2 nitrogen and oxygen atoms in total. The lowest BCUT2D eigenvalue weighted by atomic mass is 9.90. The maximum atomic E-state index is 10.8. The standard InChI is InChI=1S/C8H13NO/c1-6(2)8(4-5-9)7(3)10/h6,8H,4H2,1-3H3. The van der Waals surface area contributed by atoms with E-state index in [0.29, 0.717) is 6.42 Å². The average Bonchev–Trinajstić information content (AvgIpc) is 1.81.